The van der Waals surface area contributed by atoms with Crippen molar-refractivity contribution < 1.29 is 92.4 Å². The van der Waals surface area contributed by atoms with Gasteiger partial charge in [0.25, 0.3) is 27.8 Å². The number of H-pyrrole nitrogens is 5. The van der Waals surface area contributed by atoms with Crippen molar-refractivity contribution in [2.45, 2.75) is 272 Å². The Labute approximate surface area is 745 Å². The quantitative estimate of drug-likeness (QED) is 0.0286. The molecule has 720 valence electrons. The van der Waals surface area contributed by atoms with Crippen molar-refractivity contribution in [3.8, 4) is 0 Å². The van der Waals surface area contributed by atoms with Crippen molar-refractivity contribution in [3.63, 3.8) is 0 Å². The largest absolute Gasteiger partial charge is 0.458 e. The Balaban J connectivity index is 0.000000252. The molecule has 10 aromatic heterocycles. The second kappa shape index (κ2) is 43.8. The summed E-state index contributed by atoms with van der Waals surface area (Å²) < 4.78 is 127. The van der Waals surface area contributed by atoms with Crippen molar-refractivity contribution in [2.75, 3.05) is 40.2 Å². The smallest absolute Gasteiger partial charge is 0.336 e. The number of amides is 4. The Morgan fingerprint density at radius 1 is 0.438 bits per heavy atom. The SMILES string of the molecule is C.C.C.C.C.CC(C)C(=O)Nc1nc2c(ncn2[C@@H]2O[C@H](C(=O)OC(C)(C)C)[C@@H](C)[C@H]2F)c(=O)[nH]1.CC(C)C(=O)Nc1nc2c(ncn2[C@@H]2O[C@H](CO)[C@@H](C)[C@H]2F)c(=O)[nH]1.CC[C@H]1O[C@@H](n2cnc3c(=O)[nH]c(NC(=O)C(C)C)nc32)[C@H](F)[C@@H]1C.CC[C@H]1O[C@@H](n2cnc3c(=O)[nH]c(NC(=O)C(C)C)nc32)[C@H](F)[C@@H]1O.[2H]C([2H])(O)[C@H]1O[C@@H](n2cnc3c(=O)[nH]c(N)nc32)[C@H](F)[C@@H]1C. The number of hydrogen-bond donors (Lipinski definition) is 13. The minimum atomic E-state index is -2.70. The highest BCUT2D eigenvalue weighted by Gasteiger charge is 2.51. The van der Waals surface area contributed by atoms with Crippen LogP contribution >= 0.6 is 0 Å². The lowest BCUT2D eigenvalue weighted by Crippen LogP contribution is -2.35. The molecule has 130 heavy (non-hydrogen) atoms. The highest BCUT2D eigenvalue weighted by atomic mass is 19.2. The molecule has 15 heterocycles. The molecule has 15 rings (SSSR count). The fraction of sp³-hybridized carbons (Fsp3) is 0.630. The molecule has 0 bridgehead atoms. The van der Waals surface area contributed by atoms with Crippen molar-refractivity contribution in [3.05, 3.63) is 83.4 Å². The number of aromatic amines is 5. The van der Waals surface area contributed by atoms with Gasteiger partial charge in [-0.2, -0.15) is 24.9 Å². The van der Waals surface area contributed by atoms with Crippen molar-refractivity contribution in [1.82, 2.24) is 97.6 Å². The van der Waals surface area contributed by atoms with Crippen LogP contribution in [0.5, 0.6) is 0 Å². The number of carbonyl (C=O) groups is 5. The number of alkyl halides is 5. The third kappa shape index (κ3) is 22.4. The van der Waals surface area contributed by atoms with Crippen molar-refractivity contribution in [1.29, 1.82) is 0 Å². The van der Waals surface area contributed by atoms with E-state index in [1.54, 1.807) is 104 Å². The summed E-state index contributed by atoms with van der Waals surface area (Å²) in [6, 6.07) is 0. The molecule has 0 aromatic carbocycles. The lowest BCUT2D eigenvalue weighted by atomic mass is 10.00. The summed E-state index contributed by atoms with van der Waals surface area (Å²) in [5.74, 6) is -5.96. The number of nitrogens with two attached hydrogens (primary N) is 1. The number of imidazole rings is 5. The first-order valence-electron chi connectivity index (χ1n) is 41.1. The van der Waals surface area contributed by atoms with E-state index in [1.165, 1.54) is 61.4 Å². The van der Waals surface area contributed by atoms with E-state index < -0.39 is 156 Å². The Morgan fingerprint density at radius 3 is 0.969 bits per heavy atom. The first-order valence-corrected chi connectivity index (χ1v) is 40.1. The van der Waals surface area contributed by atoms with E-state index in [-0.39, 0.29) is 189 Å². The highest BCUT2D eigenvalue weighted by molar-refractivity contribution is 5.93. The molecule has 49 heteroatoms. The molecule has 5 aliphatic heterocycles. The Bertz CT molecular complexity index is 5670. The summed E-state index contributed by atoms with van der Waals surface area (Å²) in [5, 5.41) is 38.7. The van der Waals surface area contributed by atoms with Gasteiger partial charge in [0.2, 0.25) is 53.4 Å². The zero-order chi connectivity index (χ0) is 93.5. The number of nitrogens with one attached hydrogen (secondary N) is 9. The molecule has 14 N–H and O–H groups in total. The maximum Gasteiger partial charge on any atom is 0.336 e. The predicted octanol–water partition coefficient (Wildman–Crippen LogP) is 7.97. The molecule has 0 spiro atoms. The normalized spacial score (nSPS) is 25.9. The fourth-order valence-corrected chi connectivity index (χ4v) is 13.7. The Kier molecular flexibility index (Phi) is 34.9. The summed E-state index contributed by atoms with van der Waals surface area (Å²) in [6.07, 6.45) is -11.0. The van der Waals surface area contributed by atoms with E-state index in [9.17, 15) is 80.8 Å². The average Bonchev–Trinajstić information content (AvgIpc) is 1.64. The van der Waals surface area contributed by atoms with Crippen LogP contribution in [-0.2, 0) is 52.4 Å². The summed E-state index contributed by atoms with van der Waals surface area (Å²) in [6.45, 7) is 25.9. The number of rotatable bonds is 18. The molecule has 0 unspecified atom stereocenters. The number of aliphatic hydroxyl groups is 3. The van der Waals surface area contributed by atoms with Gasteiger partial charge in [-0.15, -0.1) is 0 Å². The van der Waals surface area contributed by atoms with E-state index >= 15 is 4.39 Å². The first kappa shape index (κ1) is 104. The Morgan fingerprint density at radius 2 is 0.700 bits per heavy atom. The van der Waals surface area contributed by atoms with Gasteiger partial charge in [-0.05, 0) is 33.6 Å². The minimum Gasteiger partial charge on any atom is -0.458 e. The number of aliphatic hydroxyl groups excluding tert-OH is 2. The number of anilines is 5. The number of halogens is 5. The summed E-state index contributed by atoms with van der Waals surface area (Å²) in [5.41, 5.74) is 2.34. The van der Waals surface area contributed by atoms with E-state index in [0.29, 0.717) is 12.8 Å². The van der Waals surface area contributed by atoms with E-state index in [4.69, 9.17) is 36.9 Å². The van der Waals surface area contributed by atoms with Crippen LogP contribution < -0.4 is 54.8 Å². The maximum absolute atomic E-state index is 15.1. The number of hydrogen-bond acceptors (Lipinski definition) is 30. The lowest BCUT2D eigenvalue weighted by Gasteiger charge is -2.23. The van der Waals surface area contributed by atoms with Gasteiger partial charge in [0.15, 0.2) is 124 Å². The van der Waals surface area contributed by atoms with Gasteiger partial charge in [-0.1, -0.05) is 134 Å². The average molecular weight is 1850 g/mol. The summed E-state index contributed by atoms with van der Waals surface area (Å²) in [4.78, 5) is 173. The molecule has 20 atom stereocenters. The number of nitrogens with zero attached hydrogens (tertiary/aromatic N) is 15. The first-order chi connectivity index (χ1) is 59.6. The van der Waals surface area contributed by atoms with E-state index in [2.05, 4.69) is 96.0 Å². The van der Waals surface area contributed by atoms with Crippen LogP contribution in [0.2, 0.25) is 0 Å². The van der Waals surface area contributed by atoms with Crippen LogP contribution in [0.25, 0.3) is 55.8 Å². The molecule has 44 nitrogen and oxygen atoms in total. The number of carbonyl (C=O) groups excluding carboxylic acids is 5. The standard InChI is InChI=1S/C19H26FN5O5.C16H22FN5O3.2C15H20FN5O4.C11H14FN5O3.5CH4/c1-8(2)14(26)23-18-22-13-11(15(27)24-18)21-7-25(13)16-10(20)9(3)12(29-16)17(28)30-19(4,5)6;1-5-9-8(4)10(17)15(25-9)22-6-18-11-12(22)19-16(21-14(11)24)20-13(23)7(2)3;1-6(2)12(23)19-15-18-11-10(13(24)20-15)17-5-21(11)14-9(16)7(3)8(4-22)25-14;1-4-7-10(22)8(16)14(25-7)21-5-17-9-11(21)18-15(20-13(9)24)19-12(23)6(2)3;1-4-5(2-18)20-10(6(4)12)17-3-14-7-8(17)15-11(13)16-9(7)19;;;;;/h7-10,12,16H,1-6H3,(H2,22,23,24,26,27);6-10,15H,5H2,1-4H3,(H2,19,20,21,23,24);5-9,14,22H,4H2,1-3H3,(H2,18,19,20,23,24);5-8,10,14,22H,4H2,1-3H3,(H2,18,19,20,23,24);3-6,10,18H,2H2,1H3,(H3,13,15,16,19);5*1H4/t9-,10+,12-,16+;8-,9-,10-,15-;7-,8-,9-,14-;7-,8-,10-,14-;4-,5-,6-,10-;;;;;/m01111...../s1/i;;;;2D2;;;;;. The molecule has 4 amide bonds. The third-order valence-corrected chi connectivity index (χ3v) is 21.1. The number of nitrogen functional groups attached to an aromatic ring is 1. The minimum absolute atomic E-state index is 0. The maximum atomic E-state index is 15.1. The highest BCUT2D eigenvalue weighted by Crippen LogP contribution is 2.43. The van der Waals surface area contributed by atoms with Crippen molar-refractivity contribution >= 4 is 115 Å². The van der Waals surface area contributed by atoms with Crippen molar-refractivity contribution in [2.24, 2.45) is 47.3 Å². The van der Waals surface area contributed by atoms with Gasteiger partial charge in [-0.3, -0.25) is 112 Å². The van der Waals surface area contributed by atoms with Crippen LogP contribution in [0.3, 0.4) is 0 Å². The van der Waals surface area contributed by atoms with Gasteiger partial charge in [0.1, 0.15) is 11.7 Å². The second-order valence-corrected chi connectivity index (χ2v) is 32.7. The van der Waals surface area contributed by atoms with Crippen LogP contribution in [0.1, 0.15) is 202 Å². The monoisotopic (exact) mass is 1850 g/mol. The predicted molar refractivity (Wildman–Crippen MR) is 470 cm³/mol. The second-order valence-electron chi connectivity index (χ2n) is 32.7. The number of aromatic nitrogens is 20. The summed E-state index contributed by atoms with van der Waals surface area (Å²) >= 11 is 0. The van der Waals surface area contributed by atoms with E-state index in [1.807, 2.05) is 6.92 Å². The number of esters is 1. The molecule has 0 saturated carbocycles. The molecule has 5 aliphatic rings. The number of ether oxygens (including phenoxy) is 6. The fourth-order valence-electron chi connectivity index (χ4n) is 13.7. The molecule has 0 aliphatic carbocycles. The number of fused-ring (bicyclic) bond motifs is 5. The Hall–Kier alpha value is -11.8. The van der Waals surface area contributed by atoms with Crippen LogP contribution in [0.15, 0.2) is 55.6 Å². The van der Waals surface area contributed by atoms with Gasteiger partial charge in [0.05, 0.1) is 72.0 Å². The van der Waals surface area contributed by atoms with Crippen LogP contribution in [0.4, 0.5) is 51.7 Å². The molecule has 10 aromatic rings. The van der Waals surface area contributed by atoms with Gasteiger partial charge in [-0.25, -0.2) is 51.7 Å². The third-order valence-electron chi connectivity index (χ3n) is 21.1. The van der Waals surface area contributed by atoms with Crippen LogP contribution in [-0.4, -0.2) is 229 Å². The topological polar surface area (TPSA) is 593 Å². The van der Waals surface area contributed by atoms with Gasteiger partial charge >= 0.3 is 5.97 Å². The van der Waals surface area contributed by atoms with Gasteiger partial charge < -0.3 is 49.5 Å². The zero-order valence-corrected chi connectivity index (χ0v) is 70.9. The van der Waals surface area contributed by atoms with E-state index in [0.717, 1.165) is 0 Å². The zero-order valence-electron chi connectivity index (χ0n) is 72.9. The molecule has 5 saturated heterocycles. The lowest BCUT2D eigenvalue weighted by molar-refractivity contribution is -0.171. The van der Waals surface area contributed by atoms with Gasteiger partial charge in [0, 0.05) is 47.3 Å². The molecule has 0 radical (unpaired) electrons. The molecule has 5 fully saturated rings. The molecular formula is C81H122F5N25O19. The summed E-state index contributed by atoms with van der Waals surface area (Å²) in [7, 11) is 0. The van der Waals surface area contributed by atoms with Crippen LogP contribution in [0, 0.1) is 47.3 Å². The molecular weight excluding hydrogens is 1720 g/mol.